The Morgan fingerprint density at radius 3 is 2.44 bits per heavy atom. The molecule has 0 aliphatic carbocycles. The van der Waals surface area contributed by atoms with Gasteiger partial charge < -0.3 is 15.0 Å². The standard InChI is InChI=1S/C30H39ClN4O4/c1-7-39-26-14-13-21(31)19-23(26)25(36)15-17-30(2,3)20-27(37)32-28-24(16-18-33(4)5)34(6)35(29(28)38)22-11-9-8-10-12-22/h8-14,19H,7,15-18,20H2,1-6H3,(H,32,37). The van der Waals surface area contributed by atoms with Crippen LogP contribution < -0.4 is 15.6 Å². The van der Waals surface area contributed by atoms with Crippen molar-refractivity contribution in [2.45, 2.75) is 46.5 Å². The normalized spacial score (nSPS) is 11.6. The van der Waals surface area contributed by atoms with Crippen LogP contribution in [0.2, 0.25) is 5.02 Å². The minimum atomic E-state index is -0.485. The number of amides is 1. The molecule has 3 aromatic rings. The molecule has 0 aliphatic rings. The lowest BCUT2D eigenvalue weighted by atomic mass is 9.82. The van der Waals surface area contributed by atoms with Crippen LogP contribution in [-0.2, 0) is 18.3 Å². The SMILES string of the molecule is CCOc1ccc(Cl)cc1C(=O)CCC(C)(C)CC(=O)Nc1c(CCN(C)C)n(C)n(-c2ccccc2)c1=O. The van der Waals surface area contributed by atoms with E-state index in [4.69, 9.17) is 16.3 Å². The second-order valence-corrected chi connectivity index (χ2v) is 11.2. The van der Waals surface area contributed by atoms with Gasteiger partial charge in [0.1, 0.15) is 11.4 Å². The van der Waals surface area contributed by atoms with Crippen molar-refractivity contribution >= 4 is 29.0 Å². The zero-order chi connectivity index (χ0) is 28.7. The minimum absolute atomic E-state index is 0.0887. The number of Topliss-reactive ketones (excluding diaryl/α,β-unsaturated/α-hetero) is 1. The number of hydrogen-bond donors (Lipinski definition) is 1. The van der Waals surface area contributed by atoms with Crippen molar-refractivity contribution in [1.29, 1.82) is 0 Å². The minimum Gasteiger partial charge on any atom is -0.493 e. The maximum atomic E-state index is 13.5. The van der Waals surface area contributed by atoms with Crippen molar-refractivity contribution in [1.82, 2.24) is 14.3 Å². The average Bonchev–Trinajstić information content (AvgIpc) is 3.10. The number of carbonyl (C=O) groups is 2. The predicted molar refractivity (Wildman–Crippen MR) is 156 cm³/mol. The van der Waals surface area contributed by atoms with Crippen LogP contribution >= 0.6 is 11.6 Å². The topological polar surface area (TPSA) is 85.6 Å². The molecule has 0 saturated carbocycles. The van der Waals surface area contributed by atoms with E-state index in [1.54, 1.807) is 22.9 Å². The molecule has 1 N–H and O–H groups in total. The summed E-state index contributed by atoms with van der Waals surface area (Å²) in [5.41, 5.74) is 1.46. The molecule has 9 heteroatoms. The molecule has 3 rings (SSSR count). The quantitative estimate of drug-likeness (QED) is 0.288. The Morgan fingerprint density at radius 1 is 1.10 bits per heavy atom. The van der Waals surface area contributed by atoms with E-state index in [1.807, 2.05) is 81.8 Å². The molecule has 0 saturated heterocycles. The molecule has 0 bridgehead atoms. The third-order valence-electron chi connectivity index (χ3n) is 6.66. The van der Waals surface area contributed by atoms with Gasteiger partial charge in [0.05, 0.1) is 23.6 Å². The van der Waals surface area contributed by atoms with Crippen LogP contribution in [0.1, 0.15) is 56.1 Å². The number of anilines is 1. The highest BCUT2D eigenvalue weighted by molar-refractivity contribution is 6.31. The van der Waals surface area contributed by atoms with Gasteiger partial charge in [-0.15, -0.1) is 0 Å². The Bertz CT molecular complexity index is 1360. The van der Waals surface area contributed by atoms with Crippen LogP contribution in [0.25, 0.3) is 5.69 Å². The molecule has 210 valence electrons. The van der Waals surface area contributed by atoms with E-state index >= 15 is 0 Å². The molecule has 0 radical (unpaired) electrons. The Labute approximate surface area is 235 Å². The third kappa shape index (κ3) is 7.83. The summed E-state index contributed by atoms with van der Waals surface area (Å²) < 4.78 is 8.98. The number of ketones is 1. The van der Waals surface area contributed by atoms with Gasteiger partial charge in [-0.1, -0.05) is 43.6 Å². The second kappa shape index (κ2) is 13.1. The van der Waals surface area contributed by atoms with Crippen molar-refractivity contribution < 1.29 is 14.3 Å². The van der Waals surface area contributed by atoms with Crippen LogP contribution in [-0.4, -0.2) is 53.2 Å². The molecule has 39 heavy (non-hydrogen) atoms. The van der Waals surface area contributed by atoms with Gasteiger partial charge in [0, 0.05) is 37.9 Å². The van der Waals surface area contributed by atoms with Gasteiger partial charge in [0.2, 0.25) is 5.91 Å². The summed E-state index contributed by atoms with van der Waals surface area (Å²) in [6, 6.07) is 14.4. The van der Waals surface area contributed by atoms with Gasteiger partial charge in [-0.05, 0) is 63.2 Å². The first-order valence-corrected chi connectivity index (χ1v) is 13.6. The third-order valence-corrected chi connectivity index (χ3v) is 6.89. The molecular weight excluding hydrogens is 516 g/mol. The number of carbonyl (C=O) groups excluding carboxylic acids is 2. The maximum Gasteiger partial charge on any atom is 0.295 e. The van der Waals surface area contributed by atoms with Crippen molar-refractivity contribution in [3.8, 4) is 11.4 Å². The smallest absolute Gasteiger partial charge is 0.295 e. The monoisotopic (exact) mass is 554 g/mol. The molecule has 1 aromatic heterocycles. The number of aromatic nitrogens is 2. The Hall–Kier alpha value is -3.36. The highest BCUT2D eigenvalue weighted by Crippen LogP contribution is 2.31. The first-order chi connectivity index (χ1) is 18.4. The summed E-state index contributed by atoms with van der Waals surface area (Å²) in [5.74, 6) is 0.153. The van der Waals surface area contributed by atoms with Crippen molar-refractivity contribution in [2.75, 3.05) is 32.6 Å². The van der Waals surface area contributed by atoms with E-state index in [-0.39, 0.29) is 30.1 Å². The molecule has 0 atom stereocenters. The van der Waals surface area contributed by atoms with Crippen molar-refractivity contribution in [3.63, 3.8) is 0 Å². The first-order valence-electron chi connectivity index (χ1n) is 13.2. The number of para-hydroxylation sites is 1. The van der Waals surface area contributed by atoms with Crippen LogP contribution in [0.3, 0.4) is 0 Å². The zero-order valence-electron chi connectivity index (χ0n) is 23.7. The fourth-order valence-corrected chi connectivity index (χ4v) is 4.72. The summed E-state index contributed by atoms with van der Waals surface area (Å²) in [4.78, 5) is 41.8. The number of nitrogens with one attached hydrogen (secondary N) is 1. The van der Waals surface area contributed by atoms with E-state index in [0.29, 0.717) is 41.5 Å². The number of likely N-dealkylation sites (N-methyl/N-ethyl adjacent to an activating group) is 1. The van der Waals surface area contributed by atoms with E-state index < -0.39 is 5.41 Å². The second-order valence-electron chi connectivity index (χ2n) is 10.7. The average molecular weight is 555 g/mol. The van der Waals surface area contributed by atoms with Crippen molar-refractivity contribution in [2.24, 2.45) is 12.5 Å². The molecule has 1 amide bonds. The van der Waals surface area contributed by atoms with Crippen LogP contribution in [0.4, 0.5) is 5.69 Å². The molecule has 8 nitrogen and oxygen atoms in total. The van der Waals surface area contributed by atoms with E-state index in [0.717, 1.165) is 17.9 Å². The molecule has 0 unspecified atom stereocenters. The number of ether oxygens (including phenoxy) is 1. The van der Waals surface area contributed by atoms with Crippen LogP contribution in [0, 0.1) is 5.41 Å². The van der Waals surface area contributed by atoms with E-state index in [1.165, 1.54) is 0 Å². The summed E-state index contributed by atoms with van der Waals surface area (Å²) in [6.45, 7) is 6.91. The number of hydrogen-bond acceptors (Lipinski definition) is 5. The van der Waals surface area contributed by atoms with E-state index in [2.05, 4.69) is 5.32 Å². The van der Waals surface area contributed by atoms with Gasteiger partial charge in [-0.25, -0.2) is 4.68 Å². The Kier molecular flexibility index (Phi) is 10.2. The largest absolute Gasteiger partial charge is 0.493 e. The molecule has 0 fully saturated rings. The predicted octanol–water partition coefficient (Wildman–Crippen LogP) is 5.35. The lowest BCUT2D eigenvalue weighted by molar-refractivity contribution is -0.118. The lowest BCUT2D eigenvalue weighted by Crippen LogP contribution is -2.26. The summed E-state index contributed by atoms with van der Waals surface area (Å²) >= 11 is 6.12. The lowest BCUT2D eigenvalue weighted by Gasteiger charge is -2.23. The summed E-state index contributed by atoms with van der Waals surface area (Å²) in [7, 11) is 5.77. The molecule has 0 spiro atoms. The Morgan fingerprint density at radius 2 is 1.79 bits per heavy atom. The highest BCUT2D eigenvalue weighted by Gasteiger charge is 2.27. The van der Waals surface area contributed by atoms with Crippen LogP contribution in [0.15, 0.2) is 53.3 Å². The molecule has 2 aromatic carbocycles. The van der Waals surface area contributed by atoms with Crippen molar-refractivity contribution in [3.05, 3.63) is 75.2 Å². The zero-order valence-corrected chi connectivity index (χ0v) is 24.5. The fraction of sp³-hybridized carbons (Fsp3) is 0.433. The number of nitrogens with zero attached hydrogens (tertiary/aromatic N) is 3. The van der Waals surface area contributed by atoms with Gasteiger partial charge in [0.15, 0.2) is 5.78 Å². The Balaban J connectivity index is 1.76. The van der Waals surface area contributed by atoms with Gasteiger partial charge >= 0.3 is 0 Å². The van der Waals surface area contributed by atoms with Crippen LogP contribution in [0.5, 0.6) is 5.75 Å². The molecule has 1 heterocycles. The maximum absolute atomic E-state index is 13.5. The number of rotatable bonds is 13. The van der Waals surface area contributed by atoms with Gasteiger partial charge in [0.25, 0.3) is 5.56 Å². The van der Waals surface area contributed by atoms with E-state index in [9.17, 15) is 14.4 Å². The first kappa shape index (κ1) is 30.2. The highest BCUT2D eigenvalue weighted by atomic mass is 35.5. The summed E-state index contributed by atoms with van der Waals surface area (Å²) in [5, 5.41) is 3.38. The van der Waals surface area contributed by atoms with Gasteiger partial charge in [-0.2, -0.15) is 0 Å². The van der Waals surface area contributed by atoms with Gasteiger partial charge in [-0.3, -0.25) is 19.1 Å². The fourth-order valence-electron chi connectivity index (χ4n) is 4.54. The number of halogens is 1. The molecular formula is C30H39ClN4O4. The summed E-state index contributed by atoms with van der Waals surface area (Å²) in [6.07, 6.45) is 1.46. The number of benzene rings is 2. The molecule has 0 aliphatic heterocycles.